The number of nitrogens with zero attached hydrogens (tertiary/aromatic N) is 2. The number of benzene rings is 8. The highest BCUT2D eigenvalue weighted by Gasteiger charge is 2.19. The predicted molar refractivity (Wildman–Crippen MR) is 201 cm³/mol. The van der Waals surface area contributed by atoms with Gasteiger partial charge in [-0.1, -0.05) is 133 Å². The molecule has 47 heavy (non-hydrogen) atoms. The Morgan fingerprint density at radius 2 is 0.851 bits per heavy atom. The summed E-state index contributed by atoms with van der Waals surface area (Å²) in [6, 6.07) is 63.7. The Morgan fingerprint density at radius 3 is 1.51 bits per heavy atom. The first-order valence-corrected chi connectivity index (χ1v) is 16.2. The molecule has 2 heteroatoms. The fraction of sp³-hybridized carbons (Fsp3) is 0.0222. The van der Waals surface area contributed by atoms with Crippen LogP contribution in [0.3, 0.4) is 0 Å². The first-order valence-electron chi connectivity index (χ1n) is 16.2. The Labute approximate surface area is 274 Å². The van der Waals surface area contributed by atoms with E-state index in [9.17, 15) is 0 Å². The van der Waals surface area contributed by atoms with Gasteiger partial charge in [0.05, 0.1) is 11.0 Å². The average molecular weight is 601 g/mol. The van der Waals surface area contributed by atoms with Crippen LogP contribution < -0.4 is 4.90 Å². The Hall–Kier alpha value is -6.12. The predicted octanol–water partition coefficient (Wildman–Crippen LogP) is 12.2. The Kier molecular flexibility index (Phi) is 6.39. The summed E-state index contributed by atoms with van der Waals surface area (Å²) in [5.74, 6) is 0. The van der Waals surface area contributed by atoms with Gasteiger partial charge in [0.2, 0.25) is 0 Å². The van der Waals surface area contributed by atoms with Gasteiger partial charge in [-0.05, 0) is 80.9 Å². The molecule has 0 atom stereocenters. The molecule has 0 bridgehead atoms. The standard InChI is InChI=1S/C45H32N2/c1-46(35-12-4-2-5-13-35)36-27-24-32(25-28-36)31-20-22-33(23-21-31)34-26-29-42-43(30-34)47(37-14-6-3-7-15-37)45-41-19-11-9-17-39(41)38-16-8-10-18-40(38)44(42)45/h2-30H,1H3. The number of anilines is 2. The van der Waals surface area contributed by atoms with E-state index in [4.69, 9.17) is 0 Å². The zero-order chi connectivity index (χ0) is 31.3. The molecule has 0 spiro atoms. The van der Waals surface area contributed by atoms with Crippen LogP contribution in [0, 0.1) is 0 Å². The second-order valence-electron chi connectivity index (χ2n) is 12.2. The van der Waals surface area contributed by atoms with E-state index in [2.05, 4.69) is 192 Å². The third-order valence-electron chi connectivity index (χ3n) is 9.60. The molecule has 0 aliphatic carbocycles. The minimum atomic E-state index is 1.17. The lowest BCUT2D eigenvalue weighted by atomic mass is 9.96. The van der Waals surface area contributed by atoms with E-state index in [1.54, 1.807) is 0 Å². The van der Waals surface area contributed by atoms with Crippen molar-refractivity contribution >= 4 is 54.7 Å². The van der Waals surface area contributed by atoms with Gasteiger partial charge in [0.1, 0.15) is 0 Å². The molecule has 0 aliphatic rings. The Bertz CT molecular complexity index is 2540. The number of hydrogen-bond acceptors (Lipinski definition) is 1. The molecule has 0 aliphatic heterocycles. The summed E-state index contributed by atoms with van der Waals surface area (Å²) in [7, 11) is 2.11. The largest absolute Gasteiger partial charge is 0.345 e. The lowest BCUT2D eigenvalue weighted by Crippen LogP contribution is -2.08. The van der Waals surface area contributed by atoms with Crippen molar-refractivity contribution in [1.29, 1.82) is 0 Å². The third kappa shape index (κ3) is 4.49. The van der Waals surface area contributed by atoms with Crippen LogP contribution in [0.5, 0.6) is 0 Å². The van der Waals surface area contributed by atoms with Gasteiger partial charge >= 0.3 is 0 Å². The van der Waals surface area contributed by atoms with Gasteiger partial charge in [-0.3, -0.25) is 0 Å². The lowest BCUT2D eigenvalue weighted by Gasteiger charge is -2.19. The van der Waals surface area contributed by atoms with Crippen LogP contribution in [0.4, 0.5) is 11.4 Å². The van der Waals surface area contributed by atoms with Crippen molar-refractivity contribution in [3.63, 3.8) is 0 Å². The first-order chi connectivity index (χ1) is 23.2. The highest BCUT2D eigenvalue weighted by molar-refractivity contribution is 6.32. The summed E-state index contributed by atoms with van der Waals surface area (Å²) in [4.78, 5) is 2.21. The third-order valence-corrected chi connectivity index (χ3v) is 9.60. The highest BCUT2D eigenvalue weighted by atomic mass is 15.1. The van der Waals surface area contributed by atoms with E-state index in [-0.39, 0.29) is 0 Å². The summed E-state index contributed by atoms with van der Waals surface area (Å²) >= 11 is 0. The summed E-state index contributed by atoms with van der Waals surface area (Å²) in [6.45, 7) is 0. The Morgan fingerprint density at radius 1 is 0.383 bits per heavy atom. The number of aromatic nitrogens is 1. The van der Waals surface area contributed by atoms with Crippen LogP contribution >= 0.6 is 0 Å². The SMILES string of the molecule is CN(c1ccccc1)c1ccc(-c2ccc(-c3ccc4c5c6ccccc6c6ccccc6c5n(-c5ccccc5)c4c3)cc2)cc1. The van der Waals surface area contributed by atoms with E-state index < -0.39 is 0 Å². The smallest absolute Gasteiger partial charge is 0.0625 e. The molecule has 2 nitrogen and oxygen atoms in total. The van der Waals surface area contributed by atoms with Crippen LogP contribution in [0.15, 0.2) is 176 Å². The molecule has 0 amide bonds. The van der Waals surface area contributed by atoms with Crippen molar-refractivity contribution in [1.82, 2.24) is 4.57 Å². The van der Waals surface area contributed by atoms with Crippen molar-refractivity contribution in [3.8, 4) is 27.9 Å². The summed E-state index contributed by atoms with van der Waals surface area (Å²) in [6.07, 6.45) is 0. The molecule has 9 rings (SSSR count). The summed E-state index contributed by atoms with van der Waals surface area (Å²) in [5.41, 5.74) is 10.8. The second kappa shape index (κ2) is 11.0. The molecule has 0 fully saturated rings. The maximum atomic E-state index is 2.46. The number of rotatable bonds is 5. The van der Waals surface area contributed by atoms with Gasteiger partial charge in [-0.15, -0.1) is 0 Å². The molecular formula is C45H32N2. The van der Waals surface area contributed by atoms with Crippen molar-refractivity contribution in [2.75, 3.05) is 11.9 Å². The van der Waals surface area contributed by atoms with E-state index in [1.807, 2.05) is 0 Å². The fourth-order valence-electron chi connectivity index (χ4n) is 7.23. The van der Waals surface area contributed by atoms with E-state index in [1.165, 1.54) is 82.7 Å². The van der Waals surface area contributed by atoms with Crippen LogP contribution in [0.2, 0.25) is 0 Å². The normalized spacial score (nSPS) is 11.5. The fourth-order valence-corrected chi connectivity index (χ4v) is 7.23. The van der Waals surface area contributed by atoms with Crippen molar-refractivity contribution in [3.05, 3.63) is 176 Å². The minimum Gasteiger partial charge on any atom is -0.345 e. The number of fused-ring (bicyclic) bond motifs is 8. The second-order valence-corrected chi connectivity index (χ2v) is 12.2. The zero-order valence-electron chi connectivity index (χ0n) is 26.1. The van der Waals surface area contributed by atoms with Crippen LogP contribution in [0.1, 0.15) is 0 Å². The van der Waals surface area contributed by atoms with Crippen molar-refractivity contribution < 1.29 is 0 Å². The van der Waals surface area contributed by atoms with Gasteiger partial charge < -0.3 is 9.47 Å². The van der Waals surface area contributed by atoms with Gasteiger partial charge in [0.15, 0.2) is 0 Å². The molecule has 222 valence electrons. The number of hydrogen-bond donors (Lipinski definition) is 0. The maximum absolute atomic E-state index is 2.46. The molecule has 0 saturated heterocycles. The summed E-state index contributed by atoms with van der Waals surface area (Å²) in [5, 5.41) is 7.72. The van der Waals surface area contributed by atoms with E-state index >= 15 is 0 Å². The van der Waals surface area contributed by atoms with Gasteiger partial charge in [0.25, 0.3) is 0 Å². The lowest BCUT2D eigenvalue weighted by molar-refractivity contribution is 1.19. The molecule has 1 heterocycles. The van der Waals surface area contributed by atoms with Crippen molar-refractivity contribution in [2.45, 2.75) is 0 Å². The molecule has 9 aromatic rings. The molecule has 0 saturated carbocycles. The number of para-hydroxylation sites is 2. The van der Waals surface area contributed by atoms with Crippen LogP contribution in [-0.4, -0.2) is 11.6 Å². The van der Waals surface area contributed by atoms with E-state index in [0.717, 1.165) is 0 Å². The molecule has 8 aromatic carbocycles. The van der Waals surface area contributed by atoms with Gasteiger partial charge in [0, 0.05) is 40.3 Å². The highest BCUT2D eigenvalue weighted by Crippen LogP contribution is 2.43. The molecule has 0 radical (unpaired) electrons. The van der Waals surface area contributed by atoms with Crippen LogP contribution in [-0.2, 0) is 0 Å². The molecular weight excluding hydrogens is 569 g/mol. The van der Waals surface area contributed by atoms with Crippen molar-refractivity contribution in [2.24, 2.45) is 0 Å². The van der Waals surface area contributed by atoms with Gasteiger partial charge in [-0.2, -0.15) is 0 Å². The quantitative estimate of drug-likeness (QED) is 0.178. The minimum absolute atomic E-state index is 1.17. The first kappa shape index (κ1) is 27.2. The monoisotopic (exact) mass is 600 g/mol. The molecule has 1 aromatic heterocycles. The van der Waals surface area contributed by atoms with Crippen LogP contribution in [0.25, 0.3) is 71.3 Å². The molecule has 0 unspecified atom stereocenters. The van der Waals surface area contributed by atoms with E-state index in [0.29, 0.717) is 0 Å². The summed E-state index contributed by atoms with van der Waals surface area (Å²) < 4.78 is 2.46. The topological polar surface area (TPSA) is 8.17 Å². The Balaban J connectivity index is 1.16. The average Bonchev–Trinajstić information content (AvgIpc) is 3.50. The van der Waals surface area contributed by atoms with Gasteiger partial charge in [-0.25, -0.2) is 0 Å². The maximum Gasteiger partial charge on any atom is 0.0625 e. The molecule has 0 N–H and O–H groups in total. The zero-order valence-corrected chi connectivity index (χ0v) is 26.1.